The van der Waals surface area contributed by atoms with Crippen LogP contribution in [0.25, 0.3) is 33.4 Å². The Morgan fingerprint density at radius 3 is 1.78 bits per heavy atom. The Labute approximate surface area is 215 Å². The van der Waals surface area contributed by atoms with Crippen LogP contribution in [-0.4, -0.2) is 0 Å². The molecule has 0 atom stereocenters. The second-order valence-corrected chi connectivity index (χ2v) is 9.55. The first-order chi connectivity index (χ1) is 17.6. The highest BCUT2D eigenvalue weighted by molar-refractivity contribution is 5.87. The summed E-state index contributed by atoms with van der Waals surface area (Å²) in [5.74, 6) is 0. The van der Waals surface area contributed by atoms with E-state index in [9.17, 15) is 0 Å². The van der Waals surface area contributed by atoms with Crippen molar-refractivity contribution in [2.45, 2.75) is 33.1 Å². The Morgan fingerprint density at radius 2 is 1.06 bits per heavy atom. The van der Waals surface area contributed by atoms with Gasteiger partial charge in [-0.15, -0.1) is 0 Å². The van der Waals surface area contributed by atoms with E-state index in [4.69, 9.17) is 0 Å². The largest absolute Gasteiger partial charge is 0.355 e. The zero-order chi connectivity index (χ0) is 25.1. The third kappa shape index (κ3) is 4.22. The van der Waals surface area contributed by atoms with Gasteiger partial charge in [0.1, 0.15) is 0 Å². The summed E-state index contributed by atoms with van der Waals surface area (Å²) in [6.07, 6.45) is 0. The molecule has 0 radical (unpaired) electrons. The van der Waals surface area contributed by atoms with Crippen molar-refractivity contribution < 1.29 is 0 Å². The second-order valence-electron chi connectivity index (χ2n) is 9.55. The highest BCUT2D eigenvalue weighted by Crippen LogP contribution is 2.49. The van der Waals surface area contributed by atoms with Gasteiger partial charge in [-0.05, 0) is 57.1 Å². The maximum absolute atomic E-state index is 3.78. The second kappa shape index (κ2) is 9.87. The van der Waals surface area contributed by atoms with Crippen LogP contribution in [0.3, 0.4) is 0 Å². The van der Waals surface area contributed by atoms with E-state index in [0.29, 0.717) is 0 Å². The Bertz CT molecular complexity index is 1480. The van der Waals surface area contributed by atoms with E-state index in [1.807, 2.05) is 13.8 Å². The molecule has 0 unspecified atom stereocenters. The fourth-order valence-electron chi connectivity index (χ4n) is 5.26. The summed E-state index contributed by atoms with van der Waals surface area (Å²) in [5.41, 5.74) is 12.5. The number of benzene rings is 5. The van der Waals surface area contributed by atoms with Gasteiger partial charge in [-0.25, -0.2) is 0 Å². The van der Waals surface area contributed by atoms with Crippen molar-refractivity contribution in [3.05, 3.63) is 132 Å². The summed E-state index contributed by atoms with van der Waals surface area (Å²) < 4.78 is 0. The van der Waals surface area contributed by atoms with Gasteiger partial charge >= 0.3 is 0 Å². The fraction of sp³-hybridized carbons (Fsp3) is 0.143. The third-order valence-electron chi connectivity index (χ3n) is 7.07. The molecule has 0 bridgehead atoms. The first kappa shape index (κ1) is 23.6. The highest BCUT2D eigenvalue weighted by atomic mass is 14.9. The Morgan fingerprint density at radius 1 is 0.472 bits per heavy atom. The van der Waals surface area contributed by atoms with E-state index >= 15 is 0 Å². The summed E-state index contributed by atoms with van der Waals surface area (Å²) in [5, 5.41) is 3.78. The molecule has 1 aliphatic rings. The van der Waals surface area contributed by atoms with Crippen LogP contribution in [0.4, 0.5) is 11.4 Å². The summed E-state index contributed by atoms with van der Waals surface area (Å²) >= 11 is 0. The molecule has 1 aliphatic carbocycles. The molecule has 0 saturated carbocycles. The molecule has 1 N–H and O–H groups in total. The van der Waals surface area contributed by atoms with E-state index in [2.05, 4.69) is 140 Å². The lowest BCUT2D eigenvalue weighted by Gasteiger charge is -2.22. The summed E-state index contributed by atoms with van der Waals surface area (Å²) in [7, 11) is 0. The van der Waals surface area contributed by atoms with Crippen molar-refractivity contribution in [3.63, 3.8) is 0 Å². The van der Waals surface area contributed by atoms with Gasteiger partial charge in [0.25, 0.3) is 0 Å². The van der Waals surface area contributed by atoms with Crippen LogP contribution in [0.2, 0.25) is 0 Å². The minimum atomic E-state index is -0.0161. The van der Waals surface area contributed by atoms with E-state index in [0.717, 1.165) is 11.4 Å². The zero-order valence-electron chi connectivity index (χ0n) is 21.5. The van der Waals surface area contributed by atoms with Crippen LogP contribution in [0.1, 0.15) is 38.8 Å². The molecule has 0 aromatic heterocycles. The molecule has 0 aliphatic heterocycles. The van der Waals surface area contributed by atoms with Gasteiger partial charge in [-0.3, -0.25) is 0 Å². The molecule has 0 spiro atoms. The van der Waals surface area contributed by atoms with Crippen LogP contribution in [-0.2, 0) is 5.41 Å². The molecule has 0 amide bonds. The van der Waals surface area contributed by atoms with Crippen molar-refractivity contribution in [2.75, 3.05) is 5.32 Å². The zero-order valence-corrected chi connectivity index (χ0v) is 21.5. The summed E-state index contributed by atoms with van der Waals surface area (Å²) in [6, 6.07) is 43.5. The van der Waals surface area contributed by atoms with Crippen molar-refractivity contribution in [2.24, 2.45) is 0 Å². The quantitative estimate of drug-likeness (QED) is 0.277. The number of hydrogen-bond acceptors (Lipinski definition) is 1. The van der Waals surface area contributed by atoms with Crippen molar-refractivity contribution in [3.8, 4) is 33.4 Å². The molecule has 5 aromatic carbocycles. The minimum absolute atomic E-state index is 0.0161. The lowest BCUT2D eigenvalue weighted by atomic mass is 9.82. The molecule has 36 heavy (non-hydrogen) atoms. The van der Waals surface area contributed by atoms with E-state index in [1.54, 1.807) is 0 Å². The van der Waals surface area contributed by atoms with Crippen molar-refractivity contribution in [1.29, 1.82) is 0 Å². The molecule has 0 saturated heterocycles. The number of fused-ring (bicyclic) bond motifs is 3. The standard InChI is InChI=1S/C33H27N.C2H6/c1-33(2)30-16-10-9-15-28(30)29-20-18-26(22-31(29)33)34-32-21-25(23-11-5-3-6-12-23)17-19-27(32)24-13-7-4-8-14-24;1-2/h3-22,34H,1-2H3;1-2H3. The average molecular weight is 468 g/mol. The molecular weight excluding hydrogens is 434 g/mol. The molecule has 1 nitrogen and oxygen atoms in total. The van der Waals surface area contributed by atoms with E-state index in [-0.39, 0.29) is 5.41 Å². The van der Waals surface area contributed by atoms with Gasteiger partial charge in [0.15, 0.2) is 0 Å². The van der Waals surface area contributed by atoms with Crippen LogP contribution in [0.5, 0.6) is 0 Å². The van der Waals surface area contributed by atoms with Gasteiger partial charge in [0, 0.05) is 22.4 Å². The molecule has 0 fully saturated rings. The SMILES string of the molecule is CC.CC1(C)c2ccccc2-c2ccc(Nc3cc(-c4ccccc4)ccc3-c3ccccc3)cc21. The summed E-state index contributed by atoms with van der Waals surface area (Å²) in [4.78, 5) is 0. The molecule has 6 rings (SSSR count). The van der Waals surface area contributed by atoms with Gasteiger partial charge in [0.2, 0.25) is 0 Å². The lowest BCUT2D eigenvalue weighted by molar-refractivity contribution is 0.660. The number of anilines is 2. The highest BCUT2D eigenvalue weighted by Gasteiger charge is 2.35. The minimum Gasteiger partial charge on any atom is -0.355 e. The van der Waals surface area contributed by atoms with Crippen LogP contribution >= 0.6 is 0 Å². The van der Waals surface area contributed by atoms with Gasteiger partial charge in [-0.1, -0.05) is 131 Å². The van der Waals surface area contributed by atoms with Crippen molar-refractivity contribution in [1.82, 2.24) is 0 Å². The van der Waals surface area contributed by atoms with Crippen molar-refractivity contribution >= 4 is 11.4 Å². The molecule has 1 heteroatoms. The Kier molecular flexibility index (Phi) is 6.48. The summed E-state index contributed by atoms with van der Waals surface area (Å²) in [6.45, 7) is 8.65. The lowest BCUT2D eigenvalue weighted by Crippen LogP contribution is -2.15. The van der Waals surface area contributed by atoms with Gasteiger partial charge in [0.05, 0.1) is 0 Å². The smallest absolute Gasteiger partial charge is 0.0470 e. The molecule has 0 heterocycles. The predicted molar refractivity (Wildman–Crippen MR) is 156 cm³/mol. The topological polar surface area (TPSA) is 12.0 Å². The normalized spacial score (nSPS) is 12.7. The monoisotopic (exact) mass is 467 g/mol. The van der Waals surface area contributed by atoms with Gasteiger partial charge in [-0.2, -0.15) is 0 Å². The fourth-order valence-corrected chi connectivity index (χ4v) is 5.26. The van der Waals surface area contributed by atoms with Crippen LogP contribution in [0, 0.1) is 0 Å². The third-order valence-corrected chi connectivity index (χ3v) is 7.07. The first-order valence-corrected chi connectivity index (χ1v) is 12.9. The molecule has 178 valence electrons. The molecular formula is C35H33N. The number of hydrogen-bond donors (Lipinski definition) is 1. The maximum atomic E-state index is 3.78. The Balaban J connectivity index is 0.00000130. The maximum Gasteiger partial charge on any atom is 0.0470 e. The van der Waals surface area contributed by atoms with Crippen LogP contribution in [0.15, 0.2) is 121 Å². The molecule has 5 aromatic rings. The number of nitrogens with one attached hydrogen (secondary N) is 1. The van der Waals surface area contributed by atoms with E-state index in [1.165, 1.54) is 44.5 Å². The van der Waals surface area contributed by atoms with E-state index < -0.39 is 0 Å². The van der Waals surface area contributed by atoms with Crippen LogP contribution < -0.4 is 5.32 Å². The number of rotatable bonds is 4. The van der Waals surface area contributed by atoms with Gasteiger partial charge < -0.3 is 5.32 Å². The predicted octanol–water partition coefficient (Wildman–Crippen LogP) is 10.1. The average Bonchev–Trinajstić information content (AvgIpc) is 3.17. The Hall–Kier alpha value is -4.10. The first-order valence-electron chi connectivity index (χ1n) is 12.9.